The largest absolute Gasteiger partial charge is 0.462 e. The minimum absolute atomic E-state index is 0.0188. The summed E-state index contributed by atoms with van der Waals surface area (Å²) >= 11 is 0. The van der Waals surface area contributed by atoms with Gasteiger partial charge in [-0.1, -0.05) is 0 Å². The summed E-state index contributed by atoms with van der Waals surface area (Å²) in [5, 5.41) is 2.97. The van der Waals surface area contributed by atoms with Crippen LogP contribution in [0.3, 0.4) is 0 Å². The summed E-state index contributed by atoms with van der Waals surface area (Å²) in [5.74, 6) is -5.19. The summed E-state index contributed by atoms with van der Waals surface area (Å²) in [5.41, 5.74) is 1.01. The van der Waals surface area contributed by atoms with Crippen molar-refractivity contribution in [3.05, 3.63) is 52.6 Å². The van der Waals surface area contributed by atoms with E-state index in [9.17, 15) is 18.0 Å². The molecule has 8 heteroatoms. The number of carbonyl (C=O) groups excluding carboxylic acids is 1. The molecule has 0 aliphatic rings. The smallest absolute Gasteiger partial charge is 0.341 e. The topological polar surface area (TPSA) is 64.1 Å². The van der Waals surface area contributed by atoms with Crippen LogP contribution in [0.1, 0.15) is 28.2 Å². The van der Waals surface area contributed by atoms with E-state index in [1.54, 1.807) is 0 Å². The second-order valence-electron chi connectivity index (χ2n) is 5.11. The van der Waals surface area contributed by atoms with Gasteiger partial charge in [0.15, 0.2) is 17.5 Å². The number of aryl methyl sites for hydroxylation is 2. The van der Waals surface area contributed by atoms with Crippen LogP contribution in [0.15, 0.2) is 18.2 Å². The van der Waals surface area contributed by atoms with E-state index in [0.717, 1.165) is 17.5 Å². The highest BCUT2D eigenvalue weighted by Crippen LogP contribution is 2.16. The lowest BCUT2D eigenvalue weighted by Gasteiger charge is -2.08. The number of esters is 1. The van der Waals surface area contributed by atoms with Gasteiger partial charge in [-0.15, -0.1) is 0 Å². The Balaban J connectivity index is 1.80. The molecule has 0 saturated carbocycles. The van der Waals surface area contributed by atoms with E-state index in [0.29, 0.717) is 25.0 Å². The molecule has 5 nitrogen and oxygen atoms in total. The van der Waals surface area contributed by atoms with Gasteiger partial charge in [-0.25, -0.2) is 27.9 Å². The Labute approximate surface area is 136 Å². The van der Waals surface area contributed by atoms with E-state index in [1.165, 1.54) is 0 Å². The van der Waals surface area contributed by atoms with Crippen LogP contribution in [0, 0.1) is 31.3 Å². The Morgan fingerprint density at radius 3 is 2.46 bits per heavy atom. The van der Waals surface area contributed by atoms with Crippen molar-refractivity contribution in [1.29, 1.82) is 0 Å². The molecule has 0 aliphatic heterocycles. The molecule has 2 aromatic rings. The first-order valence-corrected chi connectivity index (χ1v) is 7.25. The van der Waals surface area contributed by atoms with Crippen molar-refractivity contribution in [2.24, 2.45) is 0 Å². The van der Waals surface area contributed by atoms with Gasteiger partial charge in [-0.3, -0.25) is 0 Å². The van der Waals surface area contributed by atoms with E-state index in [2.05, 4.69) is 15.3 Å². The minimum atomic E-state index is -1.70. The predicted molar refractivity (Wildman–Crippen MR) is 81.2 cm³/mol. The number of nitrogens with zero attached hydrogens (tertiary/aromatic N) is 2. The van der Waals surface area contributed by atoms with Crippen LogP contribution in [-0.2, 0) is 4.74 Å². The zero-order valence-electron chi connectivity index (χ0n) is 13.2. The summed E-state index contributed by atoms with van der Waals surface area (Å²) in [6.45, 7) is 4.10. The van der Waals surface area contributed by atoms with Gasteiger partial charge in [0.25, 0.3) is 0 Å². The molecule has 0 radical (unpaired) electrons. The van der Waals surface area contributed by atoms with Gasteiger partial charge in [0.1, 0.15) is 0 Å². The number of halogens is 3. The molecule has 24 heavy (non-hydrogen) atoms. The quantitative estimate of drug-likeness (QED) is 0.497. The average Bonchev–Trinajstić information content (AvgIpc) is 2.51. The van der Waals surface area contributed by atoms with E-state index < -0.39 is 29.0 Å². The van der Waals surface area contributed by atoms with E-state index in [-0.39, 0.29) is 6.61 Å². The summed E-state index contributed by atoms with van der Waals surface area (Å²) < 4.78 is 44.2. The first-order chi connectivity index (χ1) is 11.4. The van der Waals surface area contributed by atoms with Crippen molar-refractivity contribution in [2.75, 3.05) is 18.5 Å². The van der Waals surface area contributed by atoms with Crippen LogP contribution in [-0.4, -0.2) is 29.1 Å². The molecule has 0 atom stereocenters. The van der Waals surface area contributed by atoms with Crippen LogP contribution in [0.25, 0.3) is 0 Å². The molecule has 0 aliphatic carbocycles. The molecule has 0 unspecified atom stereocenters. The number of carbonyl (C=O) groups is 1. The Hall–Kier alpha value is -2.64. The number of benzene rings is 1. The van der Waals surface area contributed by atoms with Crippen molar-refractivity contribution in [1.82, 2.24) is 9.97 Å². The van der Waals surface area contributed by atoms with Gasteiger partial charge < -0.3 is 10.1 Å². The van der Waals surface area contributed by atoms with Crippen LogP contribution in [0.5, 0.6) is 0 Å². The second kappa shape index (κ2) is 7.76. The van der Waals surface area contributed by atoms with Crippen molar-refractivity contribution in [3.63, 3.8) is 0 Å². The van der Waals surface area contributed by atoms with Crippen LogP contribution < -0.4 is 5.32 Å². The second-order valence-corrected chi connectivity index (χ2v) is 5.11. The highest BCUT2D eigenvalue weighted by molar-refractivity contribution is 5.89. The maximum absolute atomic E-state index is 13.4. The van der Waals surface area contributed by atoms with E-state index in [1.807, 2.05) is 19.9 Å². The molecule has 1 aromatic carbocycles. The van der Waals surface area contributed by atoms with Crippen molar-refractivity contribution in [2.45, 2.75) is 20.3 Å². The number of hydrogen-bond donors (Lipinski definition) is 1. The Morgan fingerprint density at radius 1 is 1.12 bits per heavy atom. The molecule has 0 saturated heterocycles. The lowest BCUT2D eigenvalue weighted by molar-refractivity contribution is 0.0497. The van der Waals surface area contributed by atoms with Gasteiger partial charge in [-0.05, 0) is 38.5 Å². The number of anilines is 1. The van der Waals surface area contributed by atoms with Gasteiger partial charge in [0.05, 0.1) is 12.2 Å². The molecule has 0 amide bonds. The predicted octanol–water partition coefficient (Wildman–Crippen LogP) is 3.17. The molecule has 0 fully saturated rings. The van der Waals surface area contributed by atoms with Gasteiger partial charge in [-0.2, -0.15) is 0 Å². The number of nitrogens with one attached hydrogen (secondary N) is 1. The molecule has 1 aromatic heterocycles. The minimum Gasteiger partial charge on any atom is -0.462 e. The lowest BCUT2D eigenvalue weighted by Crippen LogP contribution is -2.13. The fraction of sp³-hybridized carbons (Fsp3) is 0.312. The summed E-state index contributed by atoms with van der Waals surface area (Å²) in [7, 11) is 0. The third kappa shape index (κ3) is 4.43. The highest BCUT2D eigenvalue weighted by atomic mass is 19.2. The molecular weight excluding hydrogens is 323 g/mol. The third-order valence-corrected chi connectivity index (χ3v) is 3.07. The normalized spacial score (nSPS) is 10.5. The van der Waals surface area contributed by atoms with Crippen molar-refractivity contribution >= 4 is 11.9 Å². The SMILES string of the molecule is Cc1cc(C)nc(NCCCOC(=O)c2ccc(F)c(F)c2F)n1. The van der Waals surface area contributed by atoms with Crippen molar-refractivity contribution < 1.29 is 22.7 Å². The average molecular weight is 339 g/mol. The van der Waals surface area contributed by atoms with E-state index in [4.69, 9.17) is 4.74 Å². The molecular formula is C16H16F3N3O2. The fourth-order valence-electron chi connectivity index (χ4n) is 2.00. The Bertz CT molecular complexity index is 733. The zero-order valence-corrected chi connectivity index (χ0v) is 13.2. The maximum Gasteiger partial charge on any atom is 0.341 e. The molecule has 2 rings (SSSR count). The molecule has 0 spiro atoms. The summed E-state index contributed by atoms with van der Waals surface area (Å²) in [4.78, 5) is 20.0. The third-order valence-electron chi connectivity index (χ3n) is 3.07. The number of rotatable bonds is 6. The number of hydrogen-bond acceptors (Lipinski definition) is 5. The molecule has 0 bridgehead atoms. The zero-order chi connectivity index (χ0) is 17.7. The Kier molecular flexibility index (Phi) is 5.73. The Morgan fingerprint density at radius 2 is 1.79 bits per heavy atom. The van der Waals surface area contributed by atoms with Gasteiger partial charge in [0.2, 0.25) is 5.95 Å². The monoisotopic (exact) mass is 339 g/mol. The molecule has 1 heterocycles. The standard InChI is InChI=1S/C16H16F3N3O2/c1-9-8-10(2)22-16(21-9)20-6-3-7-24-15(23)11-4-5-12(17)14(19)13(11)18/h4-5,8H,3,6-7H2,1-2H3,(H,20,21,22). The van der Waals surface area contributed by atoms with Crippen LogP contribution >= 0.6 is 0 Å². The molecule has 1 N–H and O–H groups in total. The number of ether oxygens (including phenoxy) is 1. The lowest BCUT2D eigenvalue weighted by atomic mass is 10.2. The number of aromatic nitrogens is 2. The van der Waals surface area contributed by atoms with Crippen molar-refractivity contribution in [3.8, 4) is 0 Å². The van der Waals surface area contributed by atoms with Gasteiger partial charge >= 0.3 is 5.97 Å². The summed E-state index contributed by atoms with van der Waals surface area (Å²) in [6, 6.07) is 3.36. The van der Waals surface area contributed by atoms with Crippen LogP contribution in [0.4, 0.5) is 19.1 Å². The first kappa shape index (κ1) is 17.7. The fourth-order valence-corrected chi connectivity index (χ4v) is 2.00. The maximum atomic E-state index is 13.4. The summed E-state index contributed by atoms with van der Waals surface area (Å²) in [6.07, 6.45) is 0.410. The van der Waals surface area contributed by atoms with Gasteiger partial charge in [0, 0.05) is 17.9 Å². The molecule has 128 valence electrons. The first-order valence-electron chi connectivity index (χ1n) is 7.25. The highest BCUT2D eigenvalue weighted by Gasteiger charge is 2.19. The van der Waals surface area contributed by atoms with Crippen LogP contribution in [0.2, 0.25) is 0 Å². The van der Waals surface area contributed by atoms with E-state index >= 15 is 0 Å².